The molecule has 26 heavy (non-hydrogen) atoms. The predicted molar refractivity (Wildman–Crippen MR) is 106 cm³/mol. The SMILES string of the molecule is Cc1sc2nc(CC(=O)N/N=C3\C[C@@H](C)CC(C)(C)C3)[nH]c(=O)c2c1C. The van der Waals surface area contributed by atoms with Gasteiger partial charge in [0.1, 0.15) is 10.7 Å². The van der Waals surface area contributed by atoms with Crippen molar-refractivity contribution in [2.75, 3.05) is 0 Å². The Bertz CT molecular complexity index is 939. The van der Waals surface area contributed by atoms with E-state index in [1.807, 2.05) is 13.8 Å². The second kappa shape index (κ2) is 6.95. The first kappa shape index (κ1) is 18.8. The van der Waals surface area contributed by atoms with Crippen molar-refractivity contribution >= 4 is 33.2 Å². The van der Waals surface area contributed by atoms with Crippen LogP contribution in [0.5, 0.6) is 0 Å². The number of aromatic nitrogens is 2. The summed E-state index contributed by atoms with van der Waals surface area (Å²) in [7, 11) is 0. The number of carbonyl (C=O) groups is 1. The molecule has 0 aromatic carbocycles. The van der Waals surface area contributed by atoms with Crippen LogP contribution in [0.4, 0.5) is 0 Å². The van der Waals surface area contributed by atoms with E-state index in [1.54, 1.807) is 0 Å². The number of aromatic amines is 1. The molecule has 2 heterocycles. The van der Waals surface area contributed by atoms with Crippen LogP contribution in [0.1, 0.15) is 56.3 Å². The number of nitrogens with one attached hydrogen (secondary N) is 2. The van der Waals surface area contributed by atoms with Crippen LogP contribution in [-0.4, -0.2) is 21.6 Å². The maximum Gasteiger partial charge on any atom is 0.259 e. The Kier molecular flexibility index (Phi) is 5.01. The Morgan fingerprint density at radius 2 is 2.15 bits per heavy atom. The fourth-order valence-corrected chi connectivity index (χ4v) is 4.96. The lowest BCUT2D eigenvalue weighted by Crippen LogP contribution is -2.30. The molecular weight excluding hydrogens is 348 g/mol. The van der Waals surface area contributed by atoms with E-state index in [2.05, 4.69) is 41.3 Å². The van der Waals surface area contributed by atoms with E-state index in [0.29, 0.717) is 22.0 Å². The first-order chi connectivity index (χ1) is 12.1. The van der Waals surface area contributed by atoms with Crippen LogP contribution in [0.15, 0.2) is 9.90 Å². The van der Waals surface area contributed by atoms with Gasteiger partial charge in [-0.1, -0.05) is 20.8 Å². The minimum absolute atomic E-state index is 0.0108. The van der Waals surface area contributed by atoms with Crippen molar-refractivity contribution in [3.05, 3.63) is 26.6 Å². The Morgan fingerprint density at radius 3 is 2.85 bits per heavy atom. The van der Waals surface area contributed by atoms with Crippen LogP contribution in [0.25, 0.3) is 10.2 Å². The second-order valence-electron chi connectivity index (χ2n) is 8.22. The molecule has 1 amide bonds. The molecule has 0 saturated heterocycles. The van der Waals surface area contributed by atoms with E-state index in [-0.39, 0.29) is 23.3 Å². The summed E-state index contributed by atoms with van der Waals surface area (Å²) >= 11 is 1.48. The zero-order chi connectivity index (χ0) is 19.1. The summed E-state index contributed by atoms with van der Waals surface area (Å²) in [6.07, 6.45) is 2.99. The predicted octanol–water partition coefficient (Wildman–Crippen LogP) is 3.46. The Hall–Kier alpha value is -2.02. The van der Waals surface area contributed by atoms with Gasteiger partial charge in [-0.3, -0.25) is 9.59 Å². The van der Waals surface area contributed by atoms with E-state index in [4.69, 9.17) is 0 Å². The lowest BCUT2D eigenvalue weighted by molar-refractivity contribution is -0.120. The number of hydrogen-bond acceptors (Lipinski definition) is 5. The van der Waals surface area contributed by atoms with Crippen molar-refractivity contribution in [2.45, 2.75) is 60.3 Å². The molecule has 0 aliphatic heterocycles. The average molecular weight is 375 g/mol. The van der Waals surface area contributed by atoms with E-state index < -0.39 is 0 Å². The lowest BCUT2D eigenvalue weighted by atomic mass is 9.72. The average Bonchev–Trinajstić information content (AvgIpc) is 2.78. The molecule has 0 unspecified atom stereocenters. The van der Waals surface area contributed by atoms with Gasteiger partial charge in [-0.2, -0.15) is 5.10 Å². The van der Waals surface area contributed by atoms with Gasteiger partial charge < -0.3 is 4.98 Å². The molecule has 1 aliphatic rings. The number of fused-ring (bicyclic) bond motifs is 1. The van der Waals surface area contributed by atoms with E-state index in [9.17, 15) is 9.59 Å². The Balaban J connectivity index is 1.71. The number of nitrogens with zero attached hydrogens (tertiary/aromatic N) is 2. The van der Waals surface area contributed by atoms with E-state index >= 15 is 0 Å². The van der Waals surface area contributed by atoms with E-state index in [1.165, 1.54) is 17.8 Å². The van der Waals surface area contributed by atoms with Gasteiger partial charge in [0, 0.05) is 10.6 Å². The van der Waals surface area contributed by atoms with Crippen LogP contribution in [-0.2, 0) is 11.2 Å². The van der Waals surface area contributed by atoms with Gasteiger partial charge in [0.05, 0.1) is 11.8 Å². The molecule has 2 aromatic heterocycles. The highest BCUT2D eigenvalue weighted by molar-refractivity contribution is 7.18. The van der Waals surface area contributed by atoms with Crippen molar-refractivity contribution in [3.8, 4) is 0 Å². The third-order valence-corrected chi connectivity index (χ3v) is 6.02. The molecule has 1 fully saturated rings. The van der Waals surface area contributed by atoms with Gasteiger partial charge in [0.25, 0.3) is 5.56 Å². The molecule has 1 atom stereocenters. The summed E-state index contributed by atoms with van der Waals surface area (Å²) in [4.78, 5) is 33.4. The summed E-state index contributed by atoms with van der Waals surface area (Å²) < 4.78 is 0. The van der Waals surface area contributed by atoms with Gasteiger partial charge in [-0.25, -0.2) is 10.4 Å². The van der Waals surface area contributed by atoms with Crippen LogP contribution < -0.4 is 11.0 Å². The zero-order valence-electron chi connectivity index (χ0n) is 16.0. The van der Waals surface area contributed by atoms with Crippen molar-refractivity contribution in [1.29, 1.82) is 0 Å². The molecular formula is C19H26N4O2S. The molecule has 0 spiro atoms. The minimum atomic E-state index is -0.263. The van der Waals surface area contributed by atoms with E-state index in [0.717, 1.165) is 29.0 Å². The molecule has 140 valence electrons. The van der Waals surface area contributed by atoms with Crippen LogP contribution >= 0.6 is 11.3 Å². The van der Waals surface area contributed by atoms with Gasteiger partial charge in [-0.15, -0.1) is 11.3 Å². The van der Waals surface area contributed by atoms with Gasteiger partial charge in [-0.05, 0) is 50.0 Å². The monoisotopic (exact) mass is 374 g/mol. The molecule has 0 bridgehead atoms. The van der Waals surface area contributed by atoms with Crippen LogP contribution in [0.3, 0.4) is 0 Å². The quantitative estimate of drug-likeness (QED) is 0.807. The summed E-state index contributed by atoms with van der Waals surface area (Å²) in [6.45, 7) is 10.6. The molecule has 1 aliphatic carbocycles. The highest BCUT2D eigenvalue weighted by atomic mass is 32.1. The molecule has 0 radical (unpaired) electrons. The number of rotatable bonds is 3. The summed E-state index contributed by atoms with van der Waals surface area (Å²) in [5.74, 6) is 0.681. The number of amides is 1. The molecule has 2 N–H and O–H groups in total. The number of carbonyl (C=O) groups excluding carboxylic acids is 1. The second-order valence-corrected chi connectivity index (χ2v) is 9.42. The topological polar surface area (TPSA) is 87.2 Å². The normalized spacial score (nSPS) is 21.3. The third-order valence-electron chi connectivity index (χ3n) is 4.92. The summed E-state index contributed by atoms with van der Waals surface area (Å²) in [5, 5.41) is 4.95. The first-order valence-corrected chi connectivity index (χ1v) is 9.79. The Morgan fingerprint density at radius 1 is 1.42 bits per heavy atom. The van der Waals surface area contributed by atoms with Crippen molar-refractivity contribution in [3.63, 3.8) is 0 Å². The fourth-order valence-electron chi connectivity index (χ4n) is 3.92. The van der Waals surface area contributed by atoms with Gasteiger partial charge in [0.2, 0.25) is 5.91 Å². The smallest absolute Gasteiger partial charge is 0.259 e. The molecule has 6 nitrogen and oxygen atoms in total. The van der Waals surface area contributed by atoms with Crippen LogP contribution in [0.2, 0.25) is 0 Å². The van der Waals surface area contributed by atoms with Crippen LogP contribution in [0, 0.1) is 25.2 Å². The third kappa shape index (κ3) is 4.03. The van der Waals surface area contributed by atoms with Gasteiger partial charge in [0.15, 0.2) is 0 Å². The number of thiophene rings is 1. The fraction of sp³-hybridized carbons (Fsp3) is 0.579. The zero-order valence-corrected chi connectivity index (χ0v) is 16.8. The molecule has 3 rings (SSSR count). The molecule has 7 heteroatoms. The number of hydrazone groups is 1. The maximum atomic E-state index is 12.3. The minimum Gasteiger partial charge on any atom is -0.309 e. The van der Waals surface area contributed by atoms with Crippen molar-refractivity contribution < 1.29 is 4.79 Å². The summed E-state index contributed by atoms with van der Waals surface area (Å²) in [6, 6.07) is 0. The highest BCUT2D eigenvalue weighted by Crippen LogP contribution is 2.36. The largest absolute Gasteiger partial charge is 0.309 e. The number of H-pyrrole nitrogens is 1. The standard InChI is InChI=1S/C19H26N4O2S/c1-10-6-13(9-19(4,5)8-10)22-23-15(24)7-14-20-17(25)16-11(2)12(3)26-18(16)21-14/h10H,6-9H2,1-5H3,(H,23,24)(H,20,21,25)/b22-13+/t10-/m1/s1. The van der Waals surface area contributed by atoms with Crippen molar-refractivity contribution in [2.24, 2.45) is 16.4 Å². The number of hydrogen-bond donors (Lipinski definition) is 2. The Labute approximate surface area is 157 Å². The molecule has 1 saturated carbocycles. The first-order valence-electron chi connectivity index (χ1n) is 8.98. The molecule has 2 aromatic rings. The van der Waals surface area contributed by atoms with Gasteiger partial charge >= 0.3 is 0 Å². The number of aryl methyl sites for hydroxylation is 2. The maximum absolute atomic E-state index is 12.3. The lowest BCUT2D eigenvalue weighted by Gasteiger charge is -2.34. The van der Waals surface area contributed by atoms with Crippen molar-refractivity contribution in [1.82, 2.24) is 15.4 Å². The summed E-state index contributed by atoms with van der Waals surface area (Å²) in [5.41, 5.74) is 4.65. The highest BCUT2D eigenvalue weighted by Gasteiger charge is 2.29.